The molecule has 1 amide bonds. The molecular formula is C17H14ClN3O2S2. The van der Waals surface area contributed by atoms with Crippen LogP contribution in [0.3, 0.4) is 0 Å². The summed E-state index contributed by atoms with van der Waals surface area (Å²) in [5.74, 6) is -0.401. The number of hydrogen-bond donors (Lipinski definition) is 1. The van der Waals surface area contributed by atoms with Crippen molar-refractivity contribution < 1.29 is 4.79 Å². The molecule has 2 N–H and O–H groups in total. The van der Waals surface area contributed by atoms with Crippen molar-refractivity contribution in [1.29, 1.82) is 0 Å². The van der Waals surface area contributed by atoms with E-state index in [2.05, 4.69) is 11.6 Å². The van der Waals surface area contributed by atoms with Gasteiger partial charge in [0.2, 0.25) is 5.91 Å². The monoisotopic (exact) mass is 391 g/mol. The predicted octanol–water partition coefficient (Wildman–Crippen LogP) is 3.54. The maximum absolute atomic E-state index is 13.0. The average molecular weight is 392 g/mol. The summed E-state index contributed by atoms with van der Waals surface area (Å²) in [5, 5.41) is 3.55. The van der Waals surface area contributed by atoms with Gasteiger partial charge in [-0.05, 0) is 17.7 Å². The van der Waals surface area contributed by atoms with Crippen LogP contribution in [-0.2, 0) is 11.3 Å². The molecule has 2 heterocycles. The number of nitrogens with zero attached hydrogens (tertiary/aromatic N) is 2. The largest absolute Gasteiger partial charge is 0.369 e. The zero-order chi connectivity index (χ0) is 18.0. The van der Waals surface area contributed by atoms with Crippen molar-refractivity contribution in [3.63, 3.8) is 0 Å². The number of halogens is 1. The third kappa shape index (κ3) is 3.63. The second-order valence-corrected chi connectivity index (χ2v) is 7.43. The van der Waals surface area contributed by atoms with Gasteiger partial charge in [0.1, 0.15) is 4.83 Å². The number of aromatic nitrogens is 2. The lowest BCUT2D eigenvalue weighted by Gasteiger charge is -2.10. The topological polar surface area (TPSA) is 78.0 Å². The Morgan fingerprint density at radius 2 is 2.12 bits per heavy atom. The molecule has 3 aromatic rings. The van der Waals surface area contributed by atoms with Crippen LogP contribution in [0.25, 0.3) is 21.3 Å². The van der Waals surface area contributed by atoms with Gasteiger partial charge in [-0.25, -0.2) is 4.98 Å². The van der Waals surface area contributed by atoms with Crippen LogP contribution in [0.15, 0.2) is 52.3 Å². The van der Waals surface area contributed by atoms with Crippen molar-refractivity contribution in [3.8, 4) is 11.1 Å². The molecule has 0 saturated heterocycles. The van der Waals surface area contributed by atoms with Gasteiger partial charge in [-0.15, -0.1) is 17.9 Å². The van der Waals surface area contributed by atoms with Gasteiger partial charge in [0, 0.05) is 22.5 Å². The van der Waals surface area contributed by atoms with Crippen LogP contribution in [0, 0.1) is 0 Å². The minimum atomic E-state index is -0.461. The van der Waals surface area contributed by atoms with Gasteiger partial charge < -0.3 is 5.73 Å². The van der Waals surface area contributed by atoms with Gasteiger partial charge in [-0.3, -0.25) is 14.2 Å². The molecule has 128 valence electrons. The Balaban J connectivity index is 2.19. The van der Waals surface area contributed by atoms with Crippen LogP contribution in [0.1, 0.15) is 0 Å². The van der Waals surface area contributed by atoms with E-state index in [1.165, 1.54) is 15.9 Å². The molecule has 0 bridgehead atoms. The lowest BCUT2D eigenvalue weighted by Crippen LogP contribution is -2.23. The minimum absolute atomic E-state index is 0.0600. The fourth-order valence-corrected chi connectivity index (χ4v) is 4.25. The first-order valence-corrected chi connectivity index (χ1v) is 9.55. The van der Waals surface area contributed by atoms with Crippen molar-refractivity contribution in [2.45, 2.75) is 11.7 Å². The molecule has 0 aliphatic carbocycles. The van der Waals surface area contributed by atoms with Crippen LogP contribution >= 0.6 is 34.7 Å². The first-order valence-electron chi connectivity index (χ1n) is 7.31. The highest BCUT2D eigenvalue weighted by molar-refractivity contribution is 7.99. The molecule has 2 aromatic heterocycles. The van der Waals surface area contributed by atoms with E-state index in [1.807, 2.05) is 17.5 Å². The fourth-order valence-electron chi connectivity index (χ4n) is 2.38. The van der Waals surface area contributed by atoms with Crippen LogP contribution < -0.4 is 11.3 Å². The highest BCUT2D eigenvalue weighted by Gasteiger charge is 2.17. The number of benzene rings is 1. The third-order valence-electron chi connectivity index (χ3n) is 3.47. The molecule has 0 fully saturated rings. The van der Waals surface area contributed by atoms with Crippen molar-refractivity contribution >= 4 is 50.8 Å². The van der Waals surface area contributed by atoms with Crippen molar-refractivity contribution in [1.82, 2.24) is 9.55 Å². The van der Waals surface area contributed by atoms with E-state index in [9.17, 15) is 9.59 Å². The van der Waals surface area contributed by atoms with Gasteiger partial charge in [0.05, 0.1) is 11.1 Å². The first kappa shape index (κ1) is 17.7. The van der Waals surface area contributed by atoms with E-state index in [1.54, 1.807) is 18.2 Å². The summed E-state index contributed by atoms with van der Waals surface area (Å²) in [4.78, 5) is 29.3. The molecule has 5 nitrogen and oxygen atoms in total. The number of hydrogen-bond acceptors (Lipinski definition) is 5. The van der Waals surface area contributed by atoms with Crippen LogP contribution in [0.4, 0.5) is 0 Å². The molecule has 0 atom stereocenters. The summed E-state index contributed by atoms with van der Waals surface area (Å²) in [6.07, 6.45) is 1.62. The number of fused-ring (bicyclic) bond motifs is 1. The molecule has 0 radical (unpaired) electrons. The summed E-state index contributed by atoms with van der Waals surface area (Å²) in [6.45, 7) is 4.00. The molecule has 0 saturated carbocycles. The lowest BCUT2D eigenvalue weighted by atomic mass is 10.1. The van der Waals surface area contributed by atoms with E-state index >= 15 is 0 Å². The number of carbonyl (C=O) groups is 1. The molecular weight excluding hydrogens is 378 g/mol. The number of rotatable bonds is 6. The third-order valence-corrected chi connectivity index (χ3v) is 5.59. The minimum Gasteiger partial charge on any atom is -0.369 e. The quantitative estimate of drug-likeness (QED) is 0.396. The van der Waals surface area contributed by atoms with Gasteiger partial charge in [-0.1, -0.05) is 41.6 Å². The number of primary amides is 1. The molecule has 25 heavy (non-hydrogen) atoms. The SMILES string of the molecule is C=CCn1c(SCC(N)=O)nc2scc(-c3ccc(Cl)cc3)c2c1=O. The summed E-state index contributed by atoms with van der Waals surface area (Å²) < 4.78 is 1.51. The lowest BCUT2D eigenvalue weighted by molar-refractivity contribution is -0.115. The average Bonchev–Trinajstić information content (AvgIpc) is 3.00. The summed E-state index contributed by atoms with van der Waals surface area (Å²) in [7, 11) is 0. The van der Waals surface area contributed by atoms with E-state index in [-0.39, 0.29) is 11.3 Å². The number of thiophene rings is 1. The Labute approximate surface area is 157 Å². The van der Waals surface area contributed by atoms with Gasteiger partial charge in [0.15, 0.2) is 5.16 Å². The molecule has 8 heteroatoms. The van der Waals surface area contributed by atoms with Crippen LogP contribution in [-0.4, -0.2) is 21.2 Å². The zero-order valence-electron chi connectivity index (χ0n) is 13.1. The highest BCUT2D eigenvalue weighted by Crippen LogP contribution is 2.32. The summed E-state index contributed by atoms with van der Waals surface area (Å²) in [5.41, 5.74) is 6.76. The van der Waals surface area contributed by atoms with Gasteiger partial charge in [-0.2, -0.15) is 0 Å². The zero-order valence-corrected chi connectivity index (χ0v) is 15.5. The van der Waals surface area contributed by atoms with Crippen LogP contribution in [0.2, 0.25) is 5.02 Å². The predicted molar refractivity (Wildman–Crippen MR) is 104 cm³/mol. The number of thioether (sulfide) groups is 1. The molecule has 0 spiro atoms. The highest BCUT2D eigenvalue weighted by atomic mass is 35.5. The van der Waals surface area contributed by atoms with E-state index in [4.69, 9.17) is 17.3 Å². The standard InChI is InChI=1S/C17H14ClN3O2S2/c1-2-7-21-16(23)14-12(10-3-5-11(18)6-4-10)8-24-15(14)20-17(21)25-9-13(19)22/h2-6,8H,1,7,9H2,(H2,19,22). The maximum Gasteiger partial charge on any atom is 0.263 e. The summed E-state index contributed by atoms with van der Waals surface area (Å²) in [6, 6.07) is 7.31. The molecule has 0 aliphatic heterocycles. The Bertz CT molecular complexity index is 1010. The Morgan fingerprint density at radius 1 is 1.40 bits per heavy atom. The van der Waals surface area contributed by atoms with Crippen molar-refractivity contribution in [3.05, 3.63) is 57.7 Å². The van der Waals surface area contributed by atoms with Crippen molar-refractivity contribution in [2.24, 2.45) is 5.73 Å². The molecule has 1 aromatic carbocycles. The second-order valence-electron chi connectivity index (χ2n) is 5.19. The van der Waals surface area contributed by atoms with Crippen molar-refractivity contribution in [2.75, 3.05) is 5.75 Å². The van der Waals surface area contributed by atoms with E-state index < -0.39 is 5.91 Å². The molecule has 0 aliphatic rings. The maximum atomic E-state index is 13.0. The first-order chi connectivity index (χ1) is 12.0. The number of allylic oxidation sites excluding steroid dienone is 1. The second kappa shape index (κ2) is 7.43. The normalized spacial score (nSPS) is 10.9. The molecule has 3 rings (SSSR count). The Hall–Kier alpha value is -2.09. The van der Waals surface area contributed by atoms with E-state index in [0.29, 0.717) is 26.9 Å². The van der Waals surface area contributed by atoms with Crippen LogP contribution in [0.5, 0.6) is 0 Å². The van der Waals surface area contributed by atoms with E-state index in [0.717, 1.165) is 22.9 Å². The molecule has 0 unspecified atom stereocenters. The number of nitrogens with two attached hydrogens (primary N) is 1. The number of carbonyl (C=O) groups excluding carboxylic acids is 1. The summed E-state index contributed by atoms with van der Waals surface area (Å²) >= 11 is 8.48. The Kier molecular flexibility index (Phi) is 5.27. The van der Waals surface area contributed by atoms with Gasteiger partial charge >= 0.3 is 0 Å². The fraction of sp³-hybridized carbons (Fsp3) is 0.118. The van der Waals surface area contributed by atoms with Gasteiger partial charge in [0.25, 0.3) is 5.56 Å². The smallest absolute Gasteiger partial charge is 0.263 e. The number of amides is 1. The Morgan fingerprint density at radius 3 is 2.76 bits per heavy atom.